The Kier molecular flexibility index (Phi) is 3.96. The highest BCUT2D eigenvalue weighted by atomic mass is 15.3. The van der Waals surface area contributed by atoms with Gasteiger partial charge in [0.2, 0.25) is 0 Å². The van der Waals surface area contributed by atoms with E-state index in [0.29, 0.717) is 6.54 Å². The van der Waals surface area contributed by atoms with Gasteiger partial charge in [-0.3, -0.25) is 4.68 Å². The fraction of sp³-hybridized carbons (Fsp3) is 0.750. The first-order valence-electron chi connectivity index (χ1n) is 6.29. The molecule has 1 aromatic heterocycles. The smallest absolute Gasteiger partial charge is 0.0538 e. The molecule has 1 atom stereocenters. The lowest BCUT2D eigenvalue weighted by atomic mass is 10.1. The van der Waals surface area contributed by atoms with Crippen molar-refractivity contribution in [3.63, 3.8) is 0 Å². The van der Waals surface area contributed by atoms with Crippen LogP contribution < -0.4 is 11.1 Å². The molecular weight excluding hydrogens is 200 g/mol. The summed E-state index contributed by atoms with van der Waals surface area (Å²) in [6.07, 6.45) is 8.14. The average molecular weight is 222 g/mol. The Bertz CT molecular complexity index is 317. The van der Waals surface area contributed by atoms with Gasteiger partial charge in [0.05, 0.1) is 6.20 Å². The lowest BCUT2D eigenvalue weighted by Crippen LogP contribution is -2.29. The van der Waals surface area contributed by atoms with Gasteiger partial charge in [-0.15, -0.1) is 0 Å². The van der Waals surface area contributed by atoms with Crippen molar-refractivity contribution in [1.82, 2.24) is 15.1 Å². The number of aryl methyl sites for hydroxylation is 1. The highest BCUT2D eigenvalue weighted by Gasteiger charge is 2.21. The van der Waals surface area contributed by atoms with Crippen LogP contribution >= 0.6 is 0 Å². The zero-order chi connectivity index (χ0) is 11.4. The standard InChI is InChI=1S/C12H22N4/c1-2-16-9-11(8-15-16)12(7-13)14-6-5-10-3-4-10/h8-10,12,14H,2-7,13H2,1H3. The minimum absolute atomic E-state index is 0.263. The molecule has 0 bridgehead atoms. The molecule has 1 aliphatic carbocycles. The summed E-state index contributed by atoms with van der Waals surface area (Å²) in [6.45, 7) is 4.72. The molecule has 1 saturated carbocycles. The molecule has 1 fully saturated rings. The van der Waals surface area contributed by atoms with Crippen LogP contribution in [0.15, 0.2) is 12.4 Å². The number of hydrogen-bond donors (Lipinski definition) is 2. The van der Waals surface area contributed by atoms with Crippen molar-refractivity contribution in [3.8, 4) is 0 Å². The zero-order valence-electron chi connectivity index (χ0n) is 10.0. The van der Waals surface area contributed by atoms with Gasteiger partial charge in [-0.05, 0) is 25.8 Å². The predicted molar refractivity (Wildman–Crippen MR) is 65.0 cm³/mol. The topological polar surface area (TPSA) is 55.9 Å². The summed E-state index contributed by atoms with van der Waals surface area (Å²) in [7, 11) is 0. The van der Waals surface area contributed by atoms with Crippen LogP contribution in [0, 0.1) is 5.92 Å². The van der Waals surface area contributed by atoms with E-state index in [1.165, 1.54) is 24.8 Å². The van der Waals surface area contributed by atoms with Crippen molar-refractivity contribution in [2.75, 3.05) is 13.1 Å². The van der Waals surface area contributed by atoms with E-state index in [-0.39, 0.29) is 6.04 Å². The van der Waals surface area contributed by atoms with Crippen LogP contribution in [0.4, 0.5) is 0 Å². The molecule has 0 amide bonds. The van der Waals surface area contributed by atoms with Gasteiger partial charge in [-0.2, -0.15) is 5.10 Å². The van der Waals surface area contributed by atoms with E-state index in [1.54, 1.807) is 0 Å². The van der Waals surface area contributed by atoms with E-state index in [9.17, 15) is 0 Å². The fourth-order valence-corrected chi connectivity index (χ4v) is 1.94. The first-order valence-corrected chi connectivity index (χ1v) is 6.29. The third kappa shape index (κ3) is 3.06. The second kappa shape index (κ2) is 5.46. The Hall–Kier alpha value is -0.870. The number of rotatable bonds is 7. The lowest BCUT2D eigenvalue weighted by Gasteiger charge is -2.14. The molecule has 1 aromatic rings. The molecule has 0 aliphatic heterocycles. The Morgan fingerprint density at radius 3 is 3.00 bits per heavy atom. The third-order valence-corrected chi connectivity index (χ3v) is 3.26. The molecule has 0 spiro atoms. The van der Waals surface area contributed by atoms with E-state index in [0.717, 1.165) is 19.0 Å². The zero-order valence-corrected chi connectivity index (χ0v) is 10.0. The summed E-state index contributed by atoms with van der Waals surface area (Å²) in [5.41, 5.74) is 7.00. The van der Waals surface area contributed by atoms with Gasteiger partial charge in [0.1, 0.15) is 0 Å². The van der Waals surface area contributed by atoms with Gasteiger partial charge in [0.25, 0.3) is 0 Å². The number of nitrogens with zero attached hydrogens (tertiary/aromatic N) is 2. The van der Waals surface area contributed by atoms with Gasteiger partial charge < -0.3 is 11.1 Å². The van der Waals surface area contributed by atoms with E-state index in [1.807, 2.05) is 10.9 Å². The van der Waals surface area contributed by atoms with Crippen LogP contribution in [0.3, 0.4) is 0 Å². The van der Waals surface area contributed by atoms with Crippen molar-refractivity contribution >= 4 is 0 Å². The van der Waals surface area contributed by atoms with E-state index >= 15 is 0 Å². The summed E-state index contributed by atoms with van der Waals surface area (Å²) in [4.78, 5) is 0. The maximum Gasteiger partial charge on any atom is 0.0538 e. The first kappa shape index (κ1) is 11.6. The normalized spacial score (nSPS) is 17.6. The first-order chi connectivity index (χ1) is 7.83. The molecular formula is C12H22N4. The summed E-state index contributed by atoms with van der Waals surface area (Å²) >= 11 is 0. The molecule has 0 radical (unpaired) electrons. The maximum absolute atomic E-state index is 5.79. The van der Waals surface area contributed by atoms with E-state index in [2.05, 4.69) is 23.5 Å². The van der Waals surface area contributed by atoms with Crippen molar-refractivity contribution in [2.24, 2.45) is 11.7 Å². The Morgan fingerprint density at radius 2 is 2.44 bits per heavy atom. The van der Waals surface area contributed by atoms with Gasteiger partial charge >= 0.3 is 0 Å². The van der Waals surface area contributed by atoms with Gasteiger partial charge in [0.15, 0.2) is 0 Å². The Balaban J connectivity index is 1.82. The SMILES string of the molecule is CCn1cc(C(CN)NCCC2CC2)cn1. The monoisotopic (exact) mass is 222 g/mol. The number of nitrogens with two attached hydrogens (primary N) is 1. The van der Waals surface area contributed by atoms with E-state index in [4.69, 9.17) is 5.73 Å². The van der Waals surface area contributed by atoms with Crippen LogP contribution in [0.25, 0.3) is 0 Å². The molecule has 1 aliphatic rings. The maximum atomic E-state index is 5.79. The summed E-state index contributed by atoms with van der Waals surface area (Å²) in [5.74, 6) is 0.976. The molecule has 1 unspecified atom stereocenters. The van der Waals surface area contributed by atoms with Gasteiger partial charge in [-0.1, -0.05) is 12.8 Å². The largest absolute Gasteiger partial charge is 0.329 e. The van der Waals surface area contributed by atoms with E-state index < -0.39 is 0 Å². The number of nitrogens with one attached hydrogen (secondary N) is 1. The molecule has 4 heteroatoms. The van der Waals surface area contributed by atoms with Gasteiger partial charge in [0, 0.05) is 30.9 Å². The van der Waals surface area contributed by atoms with Crippen LogP contribution in [-0.4, -0.2) is 22.9 Å². The average Bonchev–Trinajstić information content (AvgIpc) is 3.01. The summed E-state index contributed by atoms with van der Waals surface area (Å²) in [5, 5.41) is 7.80. The lowest BCUT2D eigenvalue weighted by molar-refractivity contribution is 0.515. The summed E-state index contributed by atoms with van der Waals surface area (Å²) < 4.78 is 1.95. The second-order valence-corrected chi connectivity index (χ2v) is 4.60. The highest BCUT2D eigenvalue weighted by molar-refractivity contribution is 5.10. The molecule has 0 aromatic carbocycles. The molecule has 3 N–H and O–H groups in total. The van der Waals surface area contributed by atoms with Crippen molar-refractivity contribution < 1.29 is 0 Å². The second-order valence-electron chi connectivity index (χ2n) is 4.60. The van der Waals surface area contributed by atoms with Gasteiger partial charge in [-0.25, -0.2) is 0 Å². The Labute approximate surface area is 97.2 Å². The predicted octanol–water partition coefficient (Wildman–Crippen LogP) is 1.29. The molecule has 1 heterocycles. The quantitative estimate of drug-likeness (QED) is 0.731. The minimum atomic E-state index is 0.263. The molecule has 90 valence electrons. The van der Waals surface area contributed by atoms with Crippen LogP contribution in [0.5, 0.6) is 0 Å². The molecule has 16 heavy (non-hydrogen) atoms. The minimum Gasteiger partial charge on any atom is -0.329 e. The number of aromatic nitrogens is 2. The molecule has 4 nitrogen and oxygen atoms in total. The summed E-state index contributed by atoms with van der Waals surface area (Å²) in [6, 6.07) is 0.263. The molecule has 2 rings (SSSR count). The highest BCUT2D eigenvalue weighted by Crippen LogP contribution is 2.31. The van der Waals surface area contributed by atoms with Crippen LogP contribution in [-0.2, 0) is 6.54 Å². The number of hydrogen-bond acceptors (Lipinski definition) is 3. The fourth-order valence-electron chi connectivity index (χ4n) is 1.94. The third-order valence-electron chi connectivity index (χ3n) is 3.26. The van der Waals surface area contributed by atoms with Crippen molar-refractivity contribution in [2.45, 2.75) is 38.8 Å². The molecule has 0 saturated heterocycles. The Morgan fingerprint density at radius 1 is 1.62 bits per heavy atom. The van der Waals surface area contributed by atoms with Crippen LogP contribution in [0.2, 0.25) is 0 Å². The van der Waals surface area contributed by atoms with Crippen molar-refractivity contribution in [3.05, 3.63) is 18.0 Å². The van der Waals surface area contributed by atoms with Crippen LogP contribution in [0.1, 0.15) is 37.8 Å². The van der Waals surface area contributed by atoms with Crippen molar-refractivity contribution in [1.29, 1.82) is 0 Å².